The van der Waals surface area contributed by atoms with Crippen molar-refractivity contribution >= 4 is 28.1 Å². The first-order valence-corrected chi connectivity index (χ1v) is 13.1. The maximum Gasteiger partial charge on any atom is 0.208 e. The van der Waals surface area contributed by atoms with E-state index in [0.29, 0.717) is 17.4 Å². The number of benzene rings is 2. The van der Waals surface area contributed by atoms with Gasteiger partial charge in [0.1, 0.15) is 17.3 Å². The Morgan fingerprint density at radius 3 is 2.33 bits per heavy atom. The second-order valence-electron chi connectivity index (χ2n) is 12.2. The number of nitrogens with two attached hydrogens (primary N) is 1. The van der Waals surface area contributed by atoms with Crippen molar-refractivity contribution in [1.82, 2.24) is 0 Å². The predicted molar refractivity (Wildman–Crippen MR) is 144 cm³/mol. The molecule has 4 aliphatic rings. The van der Waals surface area contributed by atoms with Gasteiger partial charge in [-0.1, -0.05) is 32.1 Å². The Morgan fingerprint density at radius 2 is 1.72 bits per heavy atom. The molecule has 6 rings (SSSR count). The highest BCUT2D eigenvalue weighted by molar-refractivity contribution is 6.34. The van der Waals surface area contributed by atoms with Gasteiger partial charge in [-0.25, -0.2) is 0 Å². The van der Waals surface area contributed by atoms with E-state index < -0.39 is 63.3 Å². The molecular formula is C31H31NO7. The number of phenolic OH excluding ortho intramolecular Hbond substituents is 2. The Hall–Kier alpha value is -3.91. The molecule has 8 heteroatoms. The van der Waals surface area contributed by atoms with Crippen LogP contribution in [0.4, 0.5) is 0 Å². The summed E-state index contributed by atoms with van der Waals surface area (Å²) in [5.41, 5.74) is 3.84. The van der Waals surface area contributed by atoms with Gasteiger partial charge in [-0.15, -0.1) is 0 Å². The van der Waals surface area contributed by atoms with Crippen LogP contribution in [-0.4, -0.2) is 43.4 Å². The van der Waals surface area contributed by atoms with E-state index >= 15 is 0 Å². The fourth-order valence-corrected chi connectivity index (χ4v) is 8.08. The number of fused-ring (bicyclic) bond motifs is 4. The number of rotatable bonds is 1. The van der Waals surface area contributed by atoms with Crippen molar-refractivity contribution in [2.45, 2.75) is 64.4 Å². The molecule has 0 fully saturated rings. The molecule has 0 saturated carbocycles. The van der Waals surface area contributed by atoms with Gasteiger partial charge in [-0.3, -0.25) is 14.4 Å². The van der Waals surface area contributed by atoms with Crippen LogP contribution in [0.25, 0.3) is 10.8 Å². The lowest BCUT2D eigenvalue weighted by Gasteiger charge is -2.50. The minimum absolute atomic E-state index is 0.0173. The molecule has 0 aromatic heterocycles. The van der Waals surface area contributed by atoms with Gasteiger partial charge in [0.2, 0.25) is 17.2 Å². The lowest BCUT2D eigenvalue weighted by atomic mass is 9.53. The molecule has 0 bridgehead atoms. The summed E-state index contributed by atoms with van der Waals surface area (Å²) in [5.74, 6) is -6.16. The Bertz CT molecular complexity index is 1690. The fraction of sp³-hybridized carbons (Fsp3) is 0.387. The zero-order chi connectivity index (χ0) is 28.6. The molecule has 2 aromatic rings. The maximum absolute atomic E-state index is 14.2. The zero-order valence-corrected chi connectivity index (χ0v) is 22.4. The molecule has 0 saturated heterocycles. The first-order valence-electron chi connectivity index (χ1n) is 13.1. The number of ketones is 3. The highest BCUT2D eigenvalue weighted by Gasteiger charge is 2.64. The van der Waals surface area contributed by atoms with E-state index in [4.69, 9.17) is 5.73 Å². The van der Waals surface area contributed by atoms with E-state index in [1.54, 1.807) is 6.07 Å². The molecule has 8 nitrogen and oxygen atoms in total. The van der Waals surface area contributed by atoms with Crippen LogP contribution in [0.5, 0.6) is 11.5 Å². The molecule has 0 radical (unpaired) electrons. The second kappa shape index (κ2) is 7.39. The lowest BCUT2D eigenvalue weighted by Crippen LogP contribution is -2.61. The van der Waals surface area contributed by atoms with Gasteiger partial charge in [-0.2, -0.15) is 0 Å². The highest BCUT2D eigenvalue weighted by atomic mass is 16.3. The third-order valence-corrected chi connectivity index (χ3v) is 9.97. The number of phenols is 2. The van der Waals surface area contributed by atoms with Gasteiger partial charge < -0.3 is 26.2 Å². The van der Waals surface area contributed by atoms with Crippen LogP contribution >= 0.6 is 0 Å². The predicted octanol–water partition coefficient (Wildman–Crippen LogP) is 4.10. The van der Waals surface area contributed by atoms with Gasteiger partial charge in [0.05, 0.1) is 22.4 Å². The van der Waals surface area contributed by atoms with E-state index in [0.717, 1.165) is 29.5 Å². The van der Waals surface area contributed by atoms with Crippen LogP contribution < -0.4 is 5.73 Å². The molecule has 6 N–H and O–H groups in total. The Kier molecular flexibility index (Phi) is 4.81. The number of aryl methyl sites for hydroxylation is 1. The van der Waals surface area contributed by atoms with Crippen LogP contribution in [0, 0.1) is 18.3 Å². The maximum atomic E-state index is 14.2. The molecule has 2 aromatic carbocycles. The van der Waals surface area contributed by atoms with Crippen LogP contribution in [-0.2, 0) is 16.6 Å². The van der Waals surface area contributed by atoms with Crippen molar-refractivity contribution in [3.05, 3.63) is 69.1 Å². The summed E-state index contributed by atoms with van der Waals surface area (Å²) in [4.78, 5) is 41.7. The van der Waals surface area contributed by atoms with Crippen molar-refractivity contribution in [2.24, 2.45) is 17.1 Å². The third-order valence-electron chi connectivity index (χ3n) is 9.97. The van der Waals surface area contributed by atoms with E-state index in [2.05, 4.69) is 26.5 Å². The third kappa shape index (κ3) is 2.65. The van der Waals surface area contributed by atoms with Crippen molar-refractivity contribution in [3.63, 3.8) is 0 Å². The Balaban J connectivity index is 1.74. The van der Waals surface area contributed by atoms with E-state index in [1.165, 1.54) is 0 Å². The molecule has 4 aliphatic carbocycles. The highest BCUT2D eigenvalue weighted by Crippen LogP contribution is 2.64. The Morgan fingerprint density at radius 1 is 1.05 bits per heavy atom. The number of carbonyl (C=O) groups is 3. The zero-order valence-electron chi connectivity index (χ0n) is 22.4. The summed E-state index contributed by atoms with van der Waals surface area (Å²) >= 11 is 0. The Labute approximate surface area is 225 Å². The molecule has 0 heterocycles. The summed E-state index contributed by atoms with van der Waals surface area (Å²) < 4.78 is 0. The quantitative estimate of drug-likeness (QED) is 0.273. The standard InChI is InChI=1S/C31H31NO7/c1-12-9-17(33)22-20-15(11-30(24(12)20)13(2)7-6-8-29(30,4)5)21-23(26(22)36)28(38)31(39)16(25(21)35)10-18(34)19(14(3)32)27(31)37/h7,9,16,33-34,36,39H,3,6,8,10-11,32H2,1-2,4-5H3/t16-,30-,31-/m1/s1. The van der Waals surface area contributed by atoms with Gasteiger partial charge >= 0.3 is 0 Å². The van der Waals surface area contributed by atoms with Crippen molar-refractivity contribution in [2.75, 3.05) is 0 Å². The van der Waals surface area contributed by atoms with Crippen LogP contribution in [0.3, 0.4) is 0 Å². The molecule has 202 valence electrons. The summed E-state index contributed by atoms with van der Waals surface area (Å²) in [6, 6.07) is 1.55. The smallest absolute Gasteiger partial charge is 0.208 e. The molecule has 3 atom stereocenters. The van der Waals surface area contributed by atoms with E-state index in [9.17, 15) is 34.8 Å². The molecule has 0 amide bonds. The van der Waals surface area contributed by atoms with Gasteiger partial charge in [0, 0.05) is 23.1 Å². The molecular weight excluding hydrogens is 498 g/mol. The molecule has 0 unspecified atom stereocenters. The number of aliphatic hydroxyl groups excluding tert-OH is 1. The van der Waals surface area contributed by atoms with Gasteiger partial charge in [0.15, 0.2) is 5.78 Å². The number of hydrogen-bond donors (Lipinski definition) is 5. The summed E-state index contributed by atoms with van der Waals surface area (Å²) in [7, 11) is 0. The van der Waals surface area contributed by atoms with Crippen LogP contribution in [0.2, 0.25) is 0 Å². The first kappa shape index (κ1) is 25.4. The van der Waals surface area contributed by atoms with E-state index in [-0.39, 0.29) is 27.8 Å². The summed E-state index contributed by atoms with van der Waals surface area (Å²) in [6.45, 7) is 11.7. The first-order chi connectivity index (χ1) is 18.1. The van der Waals surface area contributed by atoms with Crippen molar-refractivity contribution < 1.29 is 34.8 Å². The second-order valence-corrected chi connectivity index (χ2v) is 12.2. The van der Waals surface area contributed by atoms with Crippen molar-refractivity contribution in [3.8, 4) is 11.5 Å². The average Bonchev–Trinajstić information content (AvgIpc) is 3.19. The average molecular weight is 530 g/mol. The SMILES string of the molecule is C=C(N)C1=C(O)C[C@@H]2C(=O)c3c(c(O)c4c(O)cc(C)c5c4c3C[C@@]53C(C)=CCCC3(C)C)C(=O)[C@]2(O)C1=O. The van der Waals surface area contributed by atoms with Crippen molar-refractivity contribution in [1.29, 1.82) is 0 Å². The lowest BCUT2D eigenvalue weighted by molar-refractivity contribution is -0.133. The summed E-state index contributed by atoms with van der Waals surface area (Å²) in [5, 5.41) is 45.4. The minimum atomic E-state index is -2.88. The largest absolute Gasteiger partial charge is 0.511 e. The molecule has 1 spiro atoms. The van der Waals surface area contributed by atoms with Crippen LogP contribution in [0.1, 0.15) is 77.4 Å². The van der Waals surface area contributed by atoms with Gasteiger partial charge in [0.25, 0.3) is 0 Å². The number of allylic oxidation sites excluding steroid dienone is 4. The number of aliphatic hydroxyl groups is 2. The normalized spacial score (nSPS) is 29.1. The molecule has 0 aliphatic heterocycles. The van der Waals surface area contributed by atoms with E-state index in [1.807, 2.05) is 13.8 Å². The monoisotopic (exact) mass is 529 g/mol. The number of carbonyl (C=O) groups excluding carboxylic acids is 3. The molecule has 39 heavy (non-hydrogen) atoms. The number of Topliss-reactive ketones (excluding diaryl/α,β-unsaturated/α-hetero) is 3. The topological polar surface area (TPSA) is 158 Å². The fourth-order valence-electron chi connectivity index (χ4n) is 8.08. The van der Waals surface area contributed by atoms with Gasteiger partial charge in [-0.05, 0) is 66.7 Å². The number of aromatic hydroxyl groups is 2. The number of hydrogen-bond acceptors (Lipinski definition) is 8. The minimum Gasteiger partial charge on any atom is -0.511 e. The summed E-state index contributed by atoms with van der Waals surface area (Å²) in [6.07, 6.45) is 3.78. The van der Waals surface area contributed by atoms with Crippen LogP contribution in [0.15, 0.2) is 41.3 Å².